The van der Waals surface area contributed by atoms with Crippen LogP contribution in [0.1, 0.15) is 0 Å². The molecule has 7 rings (SSSR count). The molecule has 0 unspecified atom stereocenters. The molecule has 0 aliphatic rings. The van der Waals surface area contributed by atoms with Crippen molar-refractivity contribution >= 4 is 59.4 Å². The van der Waals surface area contributed by atoms with Gasteiger partial charge in [0.05, 0.1) is 0 Å². The van der Waals surface area contributed by atoms with Crippen LogP contribution in [0.25, 0.3) is 66.8 Å². The van der Waals surface area contributed by atoms with Gasteiger partial charge in [0.1, 0.15) is 0 Å². The van der Waals surface area contributed by atoms with Crippen molar-refractivity contribution in [3.05, 3.63) is 176 Å². The molecule has 0 aromatic heterocycles. The Bertz CT molecular complexity index is 1960. The van der Waals surface area contributed by atoms with Crippen molar-refractivity contribution in [1.82, 2.24) is 0 Å². The molecule has 0 saturated heterocycles. The maximum Gasteiger partial charge on any atom is 0.0406 e. The minimum atomic E-state index is 0.705. The standard InChI is InChI=1S/C42H26Br3Cl/c43-33-19-11-29(12-20-33)39-37(27-7-3-1-4-8-27)38(28-9-5-2-6-10-28)40(30-13-21-34(44)22-14-30)42(32-17-25-36(46)26-18-32)41(39)31-15-23-35(45)24-16-31/h1-26H. The molecule has 0 aliphatic carbocycles. The Morgan fingerprint density at radius 3 is 0.739 bits per heavy atom. The van der Waals surface area contributed by atoms with E-state index >= 15 is 0 Å². The van der Waals surface area contributed by atoms with Crippen molar-refractivity contribution < 1.29 is 0 Å². The van der Waals surface area contributed by atoms with E-state index < -0.39 is 0 Å². The zero-order valence-corrected chi connectivity index (χ0v) is 30.0. The van der Waals surface area contributed by atoms with Crippen LogP contribution < -0.4 is 0 Å². The van der Waals surface area contributed by atoms with E-state index in [4.69, 9.17) is 11.6 Å². The molecule has 0 N–H and O–H groups in total. The number of hydrogen-bond acceptors (Lipinski definition) is 0. The lowest BCUT2D eigenvalue weighted by atomic mass is 9.74. The minimum Gasteiger partial charge on any atom is -0.0843 e. The molecule has 7 aromatic carbocycles. The fourth-order valence-electron chi connectivity index (χ4n) is 6.16. The Morgan fingerprint density at radius 1 is 0.261 bits per heavy atom. The van der Waals surface area contributed by atoms with E-state index in [2.05, 4.69) is 193 Å². The van der Waals surface area contributed by atoms with Gasteiger partial charge in [-0.05, 0) is 115 Å². The van der Waals surface area contributed by atoms with Gasteiger partial charge in [-0.1, -0.05) is 169 Å². The SMILES string of the molecule is Clc1ccc(-c2c(-c3ccc(Br)cc3)c(-c3ccccc3)c(-c3ccccc3)c(-c3ccc(Br)cc3)c2-c2ccc(Br)cc2)cc1. The Balaban J connectivity index is 1.81. The molecule has 0 fully saturated rings. The van der Waals surface area contributed by atoms with Crippen LogP contribution in [-0.2, 0) is 0 Å². The molecule has 0 bridgehead atoms. The smallest absolute Gasteiger partial charge is 0.0406 e. The second-order valence-electron chi connectivity index (χ2n) is 11.0. The molecule has 0 saturated carbocycles. The third-order valence-corrected chi connectivity index (χ3v) is 9.99. The monoisotopic (exact) mass is 802 g/mol. The fourth-order valence-corrected chi connectivity index (χ4v) is 7.08. The van der Waals surface area contributed by atoms with Gasteiger partial charge in [-0.2, -0.15) is 0 Å². The first-order chi connectivity index (χ1) is 22.5. The summed E-state index contributed by atoms with van der Waals surface area (Å²) in [5.74, 6) is 0. The highest BCUT2D eigenvalue weighted by molar-refractivity contribution is 9.11. The maximum atomic E-state index is 6.51. The van der Waals surface area contributed by atoms with Gasteiger partial charge in [-0.25, -0.2) is 0 Å². The van der Waals surface area contributed by atoms with E-state index in [-0.39, 0.29) is 0 Å². The average molecular weight is 806 g/mol. The van der Waals surface area contributed by atoms with E-state index in [1.54, 1.807) is 0 Å². The van der Waals surface area contributed by atoms with E-state index in [0.717, 1.165) is 57.9 Å². The Morgan fingerprint density at radius 2 is 0.478 bits per heavy atom. The second kappa shape index (κ2) is 13.6. The Hall–Kier alpha value is -3.73. The highest BCUT2D eigenvalue weighted by Crippen LogP contribution is 2.56. The molecule has 0 aliphatic heterocycles. The number of halogens is 4. The quantitative estimate of drug-likeness (QED) is 0.157. The molecule has 222 valence electrons. The fraction of sp³-hybridized carbons (Fsp3) is 0. The van der Waals surface area contributed by atoms with Gasteiger partial charge >= 0.3 is 0 Å². The van der Waals surface area contributed by atoms with Crippen LogP contribution in [0.5, 0.6) is 0 Å². The van der Waals surface area contributed by atoms with Gasteiger partial charge in [-0.3, -0.25) is 0 Å². The molecule has 4 heteroatoms. The highest BCUT2D eigenvalue weighted by atomic mass is 79.9. The third kappa shape index (κ3) is 6.18. The van der Waals surface area contributed by atoms with Crippen LogP contribution in [0.4, 0.5) is 0 Å². The molecular formula is C42H26Br3Cl. The lowest BCUT2D eigenvalue weighted by molar-refractivity contribution is 1.50. The molecule has 0 atom stereocenters. The van der Waals surface area contributed by atoms with Gasteiger partial charge in [-0.15, -0.1) is 0 Å². The first-order valence-electron chi connectivity index (χ1n) is 14.9. The molecule has 0 heterocycles. The summed E-state index contributed by atoms with van der Waals surface area (Å²) >= 11 is 17.6. The topological polar surface area (TPSA) is 0 Å². The molecule has 7 aromatic rings. The van der Waals surface area contributed by atoms with Gasteiger partial charge in [0.25, 0.3) is 0 Å². The van der Waals surface area contributed by atoms with Crippen LogP contribution in [0.2, 0.25) is 5.02 Å². The third-order valence-electron chi connectivity index (χ3n) is 8.16. The normalized spacial score (nSPS) is 11.0. The summed E-state index contributed by atoms with van der Waals surface area (Å²) in [6.07, 6.45) is 0. The zero-order chi connectivity index (χ0) is 31.6. The average Bonchev–Trinajstić information content (AvgIpc) is 3.09. The van der Waals surface area contributed by atoms with Gasteiger partial charge < -0.3 is 0 Å². The summed E-state index contributed by atoms with van der Waals surface area (Å²) in [5.41, 5.74) is 13.8. The molecule has 0 radical (unpaired) electrons. The van der Waals surface area contributed by atoms with Crippen molar-refractivity contribution in [2.45, 2.75) is 0 Å². The second-order valence-corrected chi connectivity index (χ2v) is 14.2. The van der Waals surface area contributed by atoms with Gasteiger partial charge in [0.2, 0.25) is 0 Å². The predicted octanol–water partition coefficient (Wildman–Crippen LogP) is 14.6. The first-order valence-corrected chi connectivity index (χ1v) is 17.6. The zero-order valence-electron chi connectivity index (χ0n) is 24.5. The van der Waals surface area contributed by atoms with Crippen molar-refractivity contribution in [1.29, 1.82) is 0 Å². The van der Waals surface area contributed by atoms with Gasteiger partial charge in [0.15, 0.2) is 0 Å². The van der Waals surface area contributed by atoms with Crippen molar-refractivity contribution in [3.8, 4) is 66.8 Å². The van der Waals surface area contributed by atoms with Crippen molar-refractivity contribution in [2.75, 3.05) is 0 Å². The number of hydrogen-bond donors (Lipinski definition) is 0. The Kier molecular flexibility index (Phi) is 9.10. The number of benzene rings is 7. The first kappa shape index (κ1) is 30.9. The van der Waals surface area contributed by atoms with Gasteiger partial charge in [0, 0.05) is 18.4 Å². The van der Waals surface area contributed by atoms with Crippen molar-refractivity contribution in [2.24, 2.45) is 0 Å². The van der Waals surface area contributed by atoms with Crippen LogP contribution in [0.3, 0.4) is 0 Å². The minimum absolute atomic E-state index is 0.705. The summed E-state index contributed by atoms with van der Waals surface area (Å²) in [5, 5.41) is 0.705. The molecule has 0 spiro atoms. The van der Waals surface area contributed by atoms with E-state index in [0.29, 0.717) is 5.02 Å². The summed E-state index contributed by atoms with van der Waals surface area (Å²) < 4.78 is 3.11. The summed E-state index contributed by atoms with van der Waals surface area (Å²) in [4.78, 5) is 0. The molecule has 46 heavy (non-hydrogen) atoms. The van der Waals surface area contributed by atoms with Crippen molar-refractivity contribution in [3.63, 3.8) is 0 Å². The van der Waals surface area contributed by atoms with E-state index in [9.17, 15) is 0 Å². The predicted molar refractivity (Wildman–Crippen MR) is 207 cm³/mol. The van der Waals surface area contributed by atoms with Crippen LogP contribution in [-0.4, -0.2) is 0 Å². The summed E-state index contributed by atoms with van der Waals surface area (Å²) in [7, 11) is 0. The molecule has 0 nitrogen and oxygen atoms in total. The Labute approximate surface area is 300 Å². The summed E-state index contributed by atoms with van der Waals surface area (Å²) in [6, 6.07) is 55.9. The van der Waals surface area contributed by atoms with E-state index in [1.807, 2.05) is 12.1 Å². The lowest BCUT2D eigenvalue weighted by Crippen LogP contribution is -2.02. The highest BCUT2D eigenvalue weighted by Gasteiger charge is 2.29. The van der Waals surface area contributed by atoms with E-state index in [1.165, 1.54) is 22.3 Å². The van der Waals surface area contributed by atoms with Crippen LogP contribution in [0, 0.1) is 0 Å². The molecule has 0 amide bonds. The maximum absolute atomic E-state index is 6.51. The van der Waals surface area contributed by atoms with Crippen LogP contribution in [0.15, 0.2) is 171 Å². The summed E-state index contributed by atoms with van der Waals surface area (Å²) in [6.45, 7) is 0. The largest absolute Gasteiger partial charge is 0.0843 e. The van der Waals surface area contributed by atoms with Crippen LogP contribution >= 0.6 is 59.4 Å². The lowest BCUT2D eigenvalue weighted by Gasteiger charge is -2.29. The number of rotatable bonds is 6. The molecular weight excluding hydrogens is 780 g/mol.